The largest absolute Gasteiger partial charge is 0.299 e. The number of benzene rings is 3. The summed E-state index contributed by atoms with van der Waals surface area (Å²) < 4.78 is 0. The fraction of sp³-hybridized carbons (Fsp3) is 0.300. The fourth-order valence-corrected chi connectivity index (χ4v) is 5.68. The number of rotatable bonds is 4. The van der Waals surface area contributed by atoms with Gasteiger partial charge in [0, 0.05) is 24.5 Å². The molecule has 3 unspecified atom stereocenters. The molecule has 0 N–H and O–H groups in total. The predicted octanol–water partition coefficient (Wildman–Crippen LogP) is 6.46. The van der Waals surface area contributed by atoms with E-state index >= 15 is 0 Å². The molecule has 3 nitrogen and oxygen atoms in total. The predicted molar refractivity (Wildman–Crippen MR) is 132 cm³/mol. The van der Waals surface area contributed by atoms with Gasteiger partial charge in [0.25, 0.3) is 0 Å². The number of para-hydroxylation sites is 1. The van der Waals surface area contributed by atoms with Crippen LogP contribution >= 0.6 is 0 Å². The lowest BCUT2D eigenvalue weighted by atomic mass is 9.62. The first-order valence-electron chi connectivity index (χ1n) is 11.7. The maximum Gasteiger partial charge on any atom is 0.145 e. The van der Waals surface area contributed by atoms with Crippen molar-refractivity contribution in [1.82, 2.24) is 0 Å². The molecule has 33 heavy (non-hydrogen) atoms. The average molecular weight is 436 g/mol. The molecule has 1 aliphatic heterocycles. The van der Waals surface area contributed by atoms with E-state index in [0.29, 0.717) is 12.8 Å². The van der Waals surface area contributed by atoms with E-state index in [1.807, 2.05) is 72.8 Å². The lowest BCUT2D eigenvalue weighted by Crippen LogP contribution is -2.42. The monoisotopic (exact) mass is 435 g/mol. The minimum absolute atomic E-state index is 0.128. The molecule has 0 amide bonds. The summed E-state index contributed by atoms with van der Waals surface area (Å²) in [5.41, 5.74) is 4.58. The Morgan fingerprint density at radius 2 is 1.52 bits per heavy atom. The lowest BCUT2D eigenvalue weighted by Gasteiger charge is -2.39. The number of fused-ring (bicyclic) bond motifs is 2. The minimum atomic E-state index is -0.430. The molecule has 3 aromatic rings. The zero-order valence-corrected chi connectivity index (χ0v) is 19.2. The van der Waals surface area contributed by atoms with Gasteiger partial charge in [0.1, 0.15) is 11.6 Å². The summed E-state index contributed by atoms with van der Waals surface area (Å²) in [7, 11) is 0. The Morgan fingerprint density at radius 3 is 2.24 bits per heavy atom. The highest BCUT2D eigenvalue weighted by Crippen LogP contribution is 2.51. The Labute approximate surface area is 195 Å². The second kappa shape index (κ2) is 8.55. The normalized spacial score (nSPS) is 23.6. The number of aliphatic imine (C=N–C) groups is 1. The zero-order chi connectivity index (χ0) is 23.0. The van der Waals surface area contributed by atoms with Crippen molar-refractivity contribution in [2.75, 3.05) is 0 Å². The van der Waals surface area contributed by atoms with E-state index in [9.17, 15) is 9.59 Å². The van der Waals surface area contributed by atoms with Gasteiger partial charge in [-0.15, -0.1) is 0 Å². The van der Waals surface area contributed by atoms with Crippen molar-refractivity contribution in [3.63, 3.8) is 0 Å². The molecule has 1 aliphatic carbocycles. The third-order valence-electron chi connectivity index (χ3n) is 7.02. The number of hydrogen-bond acceptors (Lipinski definition) is 3. The van der Waals surface area contributed by atoms with Crippen LogP contribution in [0.1, 0.15) is 55.2 Å². The van der Waals surface area contributed by atoms with Gasteiger partial charge in [-0.05, 0) is 34.6 Å². The van der Waals surface area contributed by atoms with E-state index in [-0.39, 0.29) is 28.8 Å². The summed E-state index contributed by atoms with van der Waals surface area (Å²) in [6.07, 6.45) is 1.61. The Kier molecular flexibility index (Phi) is 5.57. The molecular weight excluding hydrogens is 406 g/mol. The van der Waals surface area contributed by atoms with Crippen LogP contribution in [-0.2, 0) is 16.0 Å². The van der Waals surface area contributed by atoms with E-state index in [0.717, 1.165) is 34.5 Å². The topological polar surface area (TPSA) is 46.5 Å². The third kappa shape index (κ3) is 4.20. The van der Waals surface area contributed by atoms with E-state index in [2.05, 4.69) is 26.0 Å². The molecule has 5 rings (SSSR count). The molecule has 3 heteroatoms. The zero-order valence-electron chi connectivity index (χ0n) is 19.2. The molecule has 1 fully saturated rings. The van der Waals surface area contributed by atoms with Crippen LogP contribution in [0.2, 0.25) is 0 Å². The third-order valence-corrected chi connectivity index (χ3v) is 7.02. The second-order valence-corrected chi connectivity index (χ2v) is 10.2. The first kappa shape index (κ1) is 21.5. The van der Waals surface area contributed by atoms with Crippen molar-refractivity contribution < 1.29 is 9.59 Å². The van der Waals surface area contributed by atoms with Gasteiger partial charge in [0.05, 0.1) is 17.5 Å². The first-order valence-corrected chi connectivity index (χ1v) is 11.7. The molecule has 166 valence electrons. The van der Waals surface area contributed by atoms with Gasteiger partial charge in [-0.25, -0.2) is 0 Å². The van der Waals surface area contributed by atoms with Gasteiger partial charge < -0.3 is 0 Å². The van der Waals surface area contributed by atoms with Gasteiger partial charge >= 0.3 is 0 Å². The SMILES string of the molecule is CC1(C)CC(=O)C2C(=Nc3ccccc3C(C(=O)Cc3ccccc3)C2c2ccccc2)C1. The van der Waals surface area contributed by atoms with Crippen LogP contribution < -0.4 is 0 Å². The van der Waals surface area contributed by atoms with E-state index in [4.69, 9.17) is 4.99 Å². The van der Waals surface area contributed by atoms with Gasteiger partial charge in [0.2, 0.25) is 0 Å². The van der Waals surface area contributed by atoms with Crippen molar-refractivity contribution in [2.24, 2.45) is 16.3 Å². The van der Waals surface area contributed by atoms with E-state index in [1.54, 1.807) is 0 Å². The Morgan fingerprint density at radius 1 is 0.879 bits per heavy atom. The second-order valence-electron chi connectivity index (χ2n) is 10.2. The number of ketones is 2. The number of hydrogen-bond donors (Lipinski definition) is 0. The van der Waals surface area contributed by atoms with Crippen molar-refractivity contribution >= 4 is 23.0 Å². The maximum absolute atomic E-state index is 14.0. The first-order chi connectivity index (χ1) is 15.9. The molecule has 0 spiro atoms. The molecule has 0 aromatic heterocycles. The van der Waals surface area contributed by atoms with Crippen LogP contribution in [0.3, 0.4) is 0 Å². The molecule has 2 aliphatic rings. The van der Waals surface area contributed by atoms with Gasteiger partial charge in [-0.1, -0.05) is 92.7 Å². The summed E-state index contributed by atoms with van der Waals surface area (Å²) in [6, 6.07) is 27.9. The van der Waals surface area contributed by atoms with Crippen molar-refractivity contribution in [1.29, 1.82) is 0 Å². The fourth-order valence-electron chi connectivity index (χ4n) is 5.68. The number of carbonyl (C=O) groups is 2. The van der Waals surface area contributed by atoms with Crippen LogP contribution in [0.15, 0.2) is 89.9 Å². The lowest BCUT2D eigenvalue weighted by molar-refractivity contribution is -0.125. The average Bonchev–Trinajstić information content (AvgIpc) is 2.94. The van der Waals surface area contributed by atoms with Crippen LogP contribution in [0.4, 0.5) is 5.69 Å². The number of nitrogens with zero attached hydrogens (tertiary/aromatic N) is 1. The molecule has 1 heterocycles. The maximum atomic E-state index is 14.0. The van der Waals surface area contributed by atoms with E-state index < -0.39 is 5.92 Å². The van der Waals surface area contributed by atoms with Crippen molar-refractivity contribution in [3.05, 3.63) is 102 Å². The smallest absolute Gasteiger partial charge is 0.145 e. The molecule has 0 saturated heterocycles. The summed E-state index contributed by atoms with van der Waals surface area (Å²) in [4.78, 5) is 32.7. The quantitative estimate of drug-likeness (QED) is 0.472. The van der Waals surface area contributed by atoms with Crippen molar-refractivity contribution in [2.45, 2.75) is 44.9 Å². The van der Waals surface area contributed by atoms with Crippen molar-refractivity contribution in [3.8, 4) is 0 Å². The standard InChI is InChI=1S/C30H29NO2/c1-30(2)18-24-29(26(33)19-30)27(21-13-7-4-8-14-21)28(22-15-9-10-16-23(22)31-24)25(32)17-20-11-5-3-6-12-20/h3-16,27-29H,17-19H2,1-2H3. The Hall–Kier alpha value is -3.33. The van der Waals surface area contributed by atoms with Crippen LogP contribution in [0.25, 0.3) is 0 Å². The highest BCUT2D eigenvalue weighted by molar-refractivity contribution is 6.11. The summed E-state index contributed by atoms with van der Waals surface area (Å²) in [6.45, 7) is 4.27. The highest BCUT2D eigenvalue weighted by Gasteiger charge is 2.48. The molecule has 1 saturated carbocycles. The molecule has 3 aromatic carbocycles. The van der Waals surface area contributed by atoms with Gasteiger partial charge in [-0.3, -0.25) is 14.6 Å². The minimum Gasteiger partial charge on any atom is -0.299 e. The number of Topliss-reactive ketones (excluding diaryl/α,β-unsaturated/α-hetero) is 2. The van der Waals surface area contributed by atoms with Gasteiger partial charge in [-0.2, -0.15) is 0 Å². The summed E-state index contributed by atoms with van der Waals surface area (Å²) in [5.74, 6) is -0.730. The molecule has 0 bridgehead atoms. The highest BCUT2D eigenvalue weighted by atomic mass is 16.1. The van der Waals surface area contributed by atoms with Crippen LogP contribution in [0.5, 0.6) is 0 Å². The molecular formula is C30H29NO2. The number of carbonyl (C=O) groups excluding carboxylic acids is 2. The molecule has 0 radical (unpaired) electrons. The van der Waals surface area contributed by atoms with Crippen LogP contribution in [0, 0.1) is 11.3 Å². The van der Waals surface area contributed by atoms with Crippen LogP contribution in [-0.4, -0.2) is 17.3 Å². The Balaban J connectivity index is 1.69. The summed E-state index contributed by atoms with van der Waals surface area (Å²) in [5, 5.41) is 0. The summed E-state index contributed by atoms with van der Waals surface area (Å²) >= 11 is 0. The van der Waals surface area contributed by atoms with Gasteiger partial charge in [0.15, 0.2) is 0 Å². The Bertz CT molecular complexity index is 1210. The van der Waals surface area contributed by atoms with E-state index in [1.165, 1.54) is 0 Å². The molecule has 3 atom stereocenters.